The highest BCUT2D eigenvalue weighted by Gasteiger charge is 2.29. The van der Waals surface area contributed by atoms with E-state index < -0.39 is 62.4 Å². The van der Waals surface area contributed by atoms with Gasteiger partial charge in [0.15, 0.2) is 0 Å². The summed E-state index contributed by atoms with van der Waals surface area (Å²) in [4.78, 5) is 23.2. The van der Waals surface area contributed by atoms with Gasteiger partial charge in [-0.3, -0.25) is 9.59 Å². The number of rotatable bonds is 17. The van der Waals surface area contributed by atoms with Gasteiger partial charge >= 0.3 is 11.9 Å². The highest BCUT2D eigenvalue weighted by molar-refractivity contribution is 5.70. The van der Waals surface area contributed by atoms with E-state index in [1.54, 1.807) is 0 Å². The van der Waals surface area contributed by atoms with Crippen molar-refractivity contribution in [2.45, 2.75) is 38.5 Å². The molecule has 0 aliphatic carbocycles. The third-order valence-electron chi connectivity index (χ3n) is 4.82. The SMILES string of the molecule is O=C(CCCCC(=O)OCCC(CO)(CO)CO)OCCC(CO)(CO)CO. The van der Waals surface area contributed by atoms with E-state index >= 15 is 0 Å². The smallest absolute Gasteiger partial charge is 0.305 e. The van der Waals surface area contributed by atoms with Crippen LogP contribution in [0.1, 0.15) is 38.5 Å². The Bertz CT molecular complexity index is 376. The van der Waals surface area contributed by atoms with Crippen LogP contribution < -0.4 is 0 Å². The molecule has 6 N–H and O–H groups in total. The van der Waals surface area contributed by atoms with E-state index in [1.165, 1.54) is 0 Å². The minimum Gasteiger partial charge on any atom is -0.466 e. The molecule has 0 spiro atoms. The predicted molar refractivity (Wildman–Crippen MR) is 97.0 cm³/mol. The number of carbonyl (C=O) groups excluding carboxylic acids is 2. The zero-order valence-corrected chi connectivity index (χ0v) is 16.2. The first kappa shape index (κ1) is 26.7. The van der Waals surface area contributed by atoms with Gasteiger partial charge in [0.25, 0.3) is 0 Å². The molecule has 28 heavy (non-hydrogen) atoms. The predicted octanol–water partition coefficient (Wildman–Crippen LogP) is -1.66. The van der Waals surface area contributed by atoms with E-state index in [9.17, 15) is 40.2 Å². The van der Waals surface area contributed by atoms with Gasteiger partial charge in [-0.2, -0.15) is 0 Å². The summed E-state index contributed by atoms with van der Waals surface area (Å²) in [6.45, 7) is -2.60. The van der Waals surface area contributed by atoms with Crippen molar-refractivity contribution in [1.82, 2.24) is 0 Å². The Labute approximate surface area is 164 Å². The van der Waals surface area contributed by atoms with Crippen LogP contribution in [0, 0.1) is 10.8 Å². The van der Waals surface area contributed by atoms with Crippen LogP contribution in [0.3, 0.4) is 0 Å². The summed E-state index contributed by atoms with van der Waals surface area (Å²) in [6.07, 6.45) is 1.28. The molecule has 0 rings (SSSR count). The highest BCUT2D eigenvalue weighted by atomic mass is 16.5. The van der Waals surface area contributed by atoms with Gasteiger partial charge in [0.2, 0.25) is 0 Å². The van der Waals surface area contributed by atoms with Crippen molar-refractivity contribution in [2.75, 3.05) is 52.9 Å². The van der Waals surface area contributed by atoms with E-state index in [2.05, 4.69) is 0 Å². The van der Waals surface area contributed by atoms with Gasteiger partial charge < -0.3 is 40.1 Å². The van der Waals surface area contributed by atoms with E-state index in [4.69, 9.17) is 9.47 Å². The summed E-state index contributed by atoms with van der Waals surface area (Å²) in [5, 5.41) is 55.0. The van der Waals surface area contributed by atoms with Crippen molar-refractivity contribution in [3.63, 3.8) is 0 Å². The zero-order chi connectivity index (χ0) is 21.5. The summed E-state index contributed by atoms with van der Waals surface area (Å²) < 4.78 is 9.98. The number of ether oxygens (including phenoxy) is 2. The molecule has 166 valence electrons. The minimum atomic E-state index is -1.08. The average molecular weight is 410 g/mol. The Hall–Kier alpha value is -1.30. The molecule has 0 saturated carbocycles. The second kappa shape index (κ2) is 14.7. The van der Waals surface area contributed by atoms with E-state index in [0.29, 0.717) is 12.8 Å². The van der Waals surface area contributed by atoms with Crippen molar-refractivity contribution >= 4 is 11.9 Å². The summed E-state index contributed by atoms with van der Waals surface area (Å²) in [5.74, 6) is -0.954. The Morgan fingerprint density at radius 1 is 0.571 bits per heavy atom. The maximum absolute atomic E-state index is 11.6. The lowest BCUT2D eigenvalue weighted by Gasteiger charge is -2.26. The lowest BCUT2D eigenvalue weighted by Crippen LogP contribution is -2.35. The van der Waals surface area contributed by atoms with Gasteiger partial charge in [0, 0.05) is 23.7 Å². The molecular weight excluding hydrogens is 376 g/mol. The monoisotopic (exact) mass is 410 g/mol. The number of carbonyl (C=O) groups is 2. The molecule has 0 saturated heterocycles. The van der Waals surface area contributed by atoms with Crippen LogP contribution in [0.15, 0.2) is 0 Å². The topological polar surface area (TPSA) is 174 Å². The van der Waals surface area contributed by atoms with Crippen molar-refractivity contribution in [3.8, 4) is 0 Å². The summed E-state index contributed by atoms with van der Waals surface area (Å²) >= 11 is 0. The molecule has 0 bridgehead atoms. The third kappa shape index (κ3) is 9.76. The molecule has 0 aromatic rings. The summed E-state index contributed by atoms with van der Waals surface area (Å²) in [6, 6.07) is 0. The number of aliphatic hydroxyl groups is 6. The van der Waals surface area contributed by atoms with Gasteiger partial charge in [0.1, 0.15) is 0 Å². The molecule has 10 nitrogen and oxygen atoms in total. The molecular formula is C18H34O10. The first-order valence-electron chi connectivity index (χ1n) is 9.33. The van der Waals surface area contributed by atoms with Crippen molar-refractivity contribution in [2.24, 2.45) is 10.8 Å². The number of unbranched alkanes of at least 4 members (excludes halogenated alkanes) is 1. The fourth-order valence-electron chi connectivity index (χ4n) is 2.22. The first-order valence-corrected chi connectivity index (χ1v) is 9.33. The Kier molecular flexibility index (Phi) is 14.0. The molecule has 0 aromatic carbocycles. The minimum absolute atomic E-state index is 0.0368. The number of hydrogen-bond acceptors (Lipinski definition) is 10. The Balaban J connectivity index is 3.89. The van der Waals surface area contributed by atoms with E-state index in [1.807, 2.05) is 0 Å². The van der Waals surface area contributed by atoms with Gasteiger partial charge in [-0.25, -0.2) is 0 Å². The number of aliphatic hydroxyl groups excluding tert-OH is 6. The summed E-state index contributed by atoms with van der Waals surface area (Å²) in [7, 11) is 0. The van der Waals surface area contributed by atoms with Crippen LogP contribution in [0.4, 0.5) is 0 Å². The van der Waals surface area contributed by atoms with Crippen LogP contribution >= 0.6 is 0 Å². The van der Waals surface area contributed by atoms with Crippen LogP contribution in [0.2, 0.25) is 0 Å². The fourth-order valence-corrected chi connectivity index (χ4v) is 2.22. The molecule has 0 aliphatic heterocycles. The van der Waals surface area contributed by atoms with Crippen LogP contribution in [0.5, 0.6) is 0 Å². The van der Waals surface area contributed by atoms with Gasteiger partial charge in [-0.15, -0.1) is 0 Å². The van der Waals surface area contributed by atoms with Crippen LogP contribution in [-0.4, -0.2) is 95.4 Å². The molecule has 0 amide bonds. The number of esters is 2. The van der Waals surface area contributed by atoms with Crippen LogP contribution in [-0.2, 0) is 19.1 Å². The first-order chi connectivity index (χ1) is 13.4. The fraction of sp³-hybridized carbons (Fsp3) is 0.889. The standard InChI is InChI=1S/C18H34O10/c19-9-17(10-20,11-21)5-7-27-15(25)3-1-2-4-16(26)28-8-6-18(12-22,13-23)14-24/h19-24H,1-14H2. The van der Waals surface area contributed by atoms with Gasteiger partial charge in [-0.05, 0) is 25.7 Å². The molecule has 0 fully saturated rings. The number of hydrogen-bond donors (Lipinski definition) is 6. The molecule has 0 heterocycles. The molecule has 0 aliphatic rings. The summed E-state index contributed by atoms with van der Waals surface area (Å²) in [5.41, 5.74) is -2.16. The maximum atomic E-state index is 11.6. The molecule has 0 unspecified atom stereocenters. The van der Waals surface area contributed by atoms with Crippen molar-refractivity contribution in [1.29, 1.82) is 0 Å². The average Bonchev–Trinajstić information content (AvgIpc) is 2.72. The maximum Gasteiger partial charge on any atom is 0.305 e. The normalized spacial score (nSPS) is 12.1. The Morgan fingerprint density at radius 3 is 1.11 bits per heavy atom. The Morgan fingerprint density at radius 2 is 0.857 bits per heavy atom. The third-order valence-corrected chi connectivity index (χ3v) is 4.82. The lowest BCUT2D eigenvalue weighted by atomic mass is 9.88. The molecule has 0 radical (unpaired) electrons. The molecule has 0 atom stereocenters. The van der Waals surface area contributed by atoms with Crippen molar-refractivity contribution in [3.05, 3.63) is 0 Å². The zero-order valence-electron chi connectivity index (χ0n) is 16.2. The lowest BCUT2D eigenvalue weighted by molar-refractivity contribution is -0.147. The van der Waals surface area contributed by atoms with Crippen molar-refractivity contribution < 1.29 is 49.7 Å². The molecule has 0 aromatic heterocycles. The molecule has 10 heteroatoms. The van der Waals surface area contributed by atoms with Crippen LogP contribution in [0.25, 0.3) is 0 Å². The largest absolute Gasteiger partial charge is 0.466 e. The van der Waals surface area contributed by atoms with Gasteiger partial charge in [-0.1, -0.05) is 0 Å². The highest BCUT2D eigenvalue weighted by Crippen LogP contribution is 2.21. The quantitative estimate of drug-likeness (QED) is 0.120. The second-order valence-corrected chi connectivity index (χ2v) is 7.10. The van der Waals surface area contributed by atoms with E-state index in [-0.39, 0.29) is 38.9 Å². The van der Waals surface area contributed by atoms with Gasteiger partial charge in [0.05, 0.1) is 52.9 Å². The second-order valence-electron chi connectivity index (χ2n) is 7.10. The van der Waals surface area contributed by atoms with E-state index in [0.717, 1.165) is 0 Å².